The topological polar surface area (TPSA) is 333 Å². The van der Waals surface area contributed by atoms with Gasteiger partial charge < -0.3 is 35.0 Å². The van der Waals surface area contributed by atoms with Crippen molar-refractivity contribution >= 4 is 63.5 Å². The summed E-state index contributed by atoms with van der Waals surface area (Å²) in [6.07, 6.45) is 2.26. The van der Waals surface area contributed by atoms with Crippen LogP contribution in [0, 0.1) is 11.8 Å². The van der Waals surface area contributed by atoms with E-state index in [0.717, 1.165) is 36.4 Å². The first-order valence-electron chi connectivity index (χ1n) is 18.3. The van der Waals surface area contributed by atoms with Crippen molar-refractivity contribution in [3.8, 4) is 57.1 Å². The molecule has 1 aliphatic rings. The highest BCUT2D eigenvalue weighted by Gasteiger charge is 2.25. The van der Waals surface area contributed by atoms with Crippen LogP contribution in [0.5, 0.6) is 34.5 Å². The van der Waals surface area contributed by atoms with Crippen molar-refractivity contribution in [3.63, 3.8) is 0 Å². The van der Waals surface area contributed by atoms with Crippen LogP contribution in [0.1, 0.15) is 25.7 Å². The molecule has 22 nitrogen and oxygen atoms in total. The minimum atomic E-state index is -5.03. The molecule has 4 N–H and O–H groups in total. The third kappa shape index (κ3) is 12.0. The summed E-state index contributed by atoms with van der Waals surface area (Å²) in [6, 6.07) is 16.5. The van der Waals surface area contributed by atoms with Crippen LogP contribution in [-0.2, 0) is 41.6 Å². The van der Waals surface area contributed by atoms with Gasteiger partial charge in [-0.05, 0) is 86.1 Å². The molecule has 0 radical (unpaired) electrons. The molecule has 0 bridgehead atoms. The highest BCUT2D eigenvalue weighted by Crippen LogP contribution is 2.37. The molecule has 0 atom stereocenters. The molecular formula is C38H32O22S4. The molecule has 26 heteroatoms. The summed E-state index contributed by atoms with van der Waals surface area (Å²) in [7, 11) is -19.7. The van der Waals surface area contributed by atoms with Gasteiger partial charge in [-0.15, -0.1) is 0 Å². The molecule has 0 saturated heterocycles. The molecule has 0 amide bonds. The van der Waals surface area contributed by atoms with Crippen molar-refractivity contribution < 1.29 is 86.9 Å². The van der Waals surface area contributed by atoms with Crippen LogP contribution in [-0.4, -0.2) is 65.1 Å². The minimum absolute atomic E-state index is 0.0355. The van der Waals surface area contributed by atoms with Gasteiger partial charge in [0.05, 0.1) is 13.2 Å². The maximum absolute atomic E-state index is 13.4. The normalized spacial score (nSPS) is 16.0. The standard InChI is InChI=1S/C38H32O22S4/c39-29-17-31(23-5-9-25(10-6-23)57-61(41,42)43)55-35-15-27(59-63(47,48)49)13-33(37(29)35)53-19-21-1-2-22(4-3-21)20-54-34-14-28(60-64(50,51)52)16-36-38(34)30(40)18-32(56-36)24-7-11-26(12-8-24)58-62(44,45)46/h5-18,21-22H,1-4,19-20H2,(H,41,42,43)(H,44,45,46)(H,47,48,49)(H,50,51,52). The summed E-state index contributed by atoms with van der Waals surface area (Å²) < 4.78 is 169. The fourth-order valence-electron chi connectivity index (χ4n) is 6.88. The lowest BCUT2D eigenvalue weighted by Crippen LogP contribution is -2.24. The fraction of sp³-hybridized carbons (Fsp3) is 0.211. The van der Waals surface area contributed by atoms with Gasteiger partial charge >= 0.3 is 41.6 Å². The summed E-state index contributed by atoms with van der Waals surface area (Å²) >= 11 is 0. The lowest BCUT2D eigenvalue weighted by Gasteiger charge is -2.28. The second kappa shape index (κ2) is 17.7. The first-order valence-corrected chi connectivity index (χ1v) is 23.8. The second-order valence-corrected chi connectivity index (χ2v) is 18.2. The molecule has 340 valence electrons. The zero-order valence-corrected chi connectivity index (χ0v) is 35.5. The fourth-order valence-corrected chi connectivity index (χ4v) is 8.27. The molecule has 2 heterocycles. The number of benzene rings is 4. The van der Waals surface area contributed by atoms with Gasteiger partial charge in [0.2, 0.25) is 0 Å². The van der Waals surface area contributed by atoms with E-state index in [1.54, 1.807) is 0 Å². The van der Waals surface area contributed by atoms with Gasteiger partial charge in [-0.1, -0.05) is 0 Å². The average molecular weight is 969 g/mol. The molecule has 2 aromatic heterocycles. The van der Waals surface area contributed by atoms with E-state index >= 15 is 0 Å². The Morgan fingerprint density at radius 1 is 0.453 bits per heavy atom. The maximum Gasteiger partial charge on any atom is 0.446 e. The van der Waals surface area contributed by atoms with E-state index in [2.05, 4.69) is 16.7 Å². The summed E-state index contributed by atoms with van der Waals surface area (Å²) in [5, 5.41) is -0.181. The lowest BCUT2D eigenvalue weighted by molar-refractivity contribution is 0.149. The molecule has 7 rings (SSSR count). The summed E-state index contributed by atoms with van der Waals surface area (Å²) in [4.78, 5) is 26.9. The van der Waals surface area contributed by atoms with Gasteiger partial charge in [-0.25, -0.2) is 0 Å². The van der Waals surface area contributed by atoms with Gasteiger partial charge in [0, 0.05) is 47.5 Å². The lowest BCUT2D eigenvalue weighted by atomic mass is 9.83. The second-order valence-electron chi connectivity index (χ2n) is 14.1. The number of fused-ring (bicyclic) bond motifs is 2. The Balaban J connectivity index is 1.05. The van der Waals surface area contributed by atoms with E-state index in [4.69, 9.17) is 27.4 Å². The van der Waals surface area contributed by atoms with Crippen molar-refractivity contribution in [2.24, 2.45) is 11.8 Å². The Bertz CT molecular complexity index is 3090. The smallest absolute Gasteiger partial charge is 0.446 e. The molecule has 64 heavy (non-hydrogen) atoms. The first-order chi connectivity index (χ1) is 29.9. The Hall–Kier alpha value is -6.26. The van der Waals surface area contributed by atoms with Crippen LogP contribution in [0.25, 0.3) is 44.6 Å². The molecule has 1 aliphatic carbocycles. The van der Waals surface area contributed by atoms with Crippen LogP contribution in [0.15, 0.2) is 103 Å². The minimum Gasteiger partial charge on any atom is -0.492 e. The Morgan fingerprint density at radius 2 is 0.766 bits per heavy atom. The van der Waals surface area contributed by atoms with E-state index in [-0.39, 0.29) is 92.6 Å². The van der Waals surface area contributed by atoms with E-state index in [0.29, 0.717) is 25.7 Å². The van der Waals surface area contributed by atoms with Crippen LogP contribution >= 0.6 is 0 Å². The van der Waals surface area contributed by atoms with Gasteiger partial charge in [0.25, 0.3) is 0 Å². The maximum atomic E-state index is 13.4. The number of hydrogen-bond acceptors (Lipinski definition) is 18. The van der Waals surface area contributed by atoms with Crippen LogP contribution in [0.2, 0.25) is 0 Å². The van der Waals surface area contributed by atoms with Gasteiger partial charge in [0.1, 0.15) is 56.5 Å². The Morgan fingerprint density at radius 3 is 1.08 bits per heavy atom. The monoisotopic (exact) mass is 968 g/mol. The quantitative estimate of drug-likeness (QED) is 0.0903. The van der Waals surface area contributed by atoms with Gasteiger partial charge in [-0.3, -0.25) is 27.8 Å². The first kappa shape index (κ1) is 45.8. The number of hydrogen-bond donors (Lipinski definition) is 4. The number of ether oxygens (including phenoxy) is 2. The molecular weight excluding hydrogens is 937 g/mol. The van der Waals surface area contributed by atoms with Crippen LogP contribution in [0.3, 0.4) is 0 Å². The average Bonchev–Trinajstić information content (AvgIpc) is 3.17. The highest BCUT2D eigenvalue weighted by molar-refractivity contribution is 7.82. The predicted molar refractivity (Wildman–Crippen MR) is 221 cm³/mol. The third-order valence-electron chi connectivity index (χ3n) is 9.54. The van der Waals surface area contributed by atoms with E-state index in [1.165, 1.54) is 48.5 Å². The van der Waals surface area contributed by atoms with Crippen molar-refractivity contribution in [1.29, 1.82) is 0 Å². The van der Waals surface area contributed by atoms with Crippen molar-refractivity contribution in [3.05, 3.63) is 105 Å². The SMILES string of the molecule is O=c1cc(-c2ccc(OS(=O)(=O)O)cc2)oc2cc(OS(=O)(=O)O)cc(OCC3CCC(COc4cc(OS(=O)(=O)O)cc5oc(-c6ccc(OS(=O)(=O)O)cc6)cc(=O)c45)CC3)c12. The molecule has 1 saturated carbocycles. The summed E-state index contributed by atoms with van der Waals surface area (Å²) in [5.74, 6) is -1.90. The Labute approximate surface area is 362 Å². The van der Waals surface area contributed by atoms with Crippen LogP contribution in [0.4, 0.5) is 0 Å². The molecule has 1 fully saturated rings. The van der Waals surface area contributed by atoms with Crippen molar-refractivity contribution in [2.75, 3.05) is 13.2 Å². The summed E-state index contributed by atoms with van der Waals surface area (Å²) in [5.41, 5.74) is -1.10. The Kier molecular flexibility index (Phi) is 12.7. The van der Waals surface area contributed by atoms with Crippen molar-refractivity contribution in [1.82, 2.24) is 0 Å². The highest BCUT2D eigenvalue weighted by atomic mass is 32.3. The largest absolute Gasteiger partial charge is 0.492 e. The van der Waals surface area contributed by atoms with Gasteiger partial charge in [-0.2, -0.15) is 33.7 Å². The molecule has 6 aromatic rings. The van der Waals surface area contributed by atoms with E-state index in [9.17, 15) is 52.4 Å². The van der Waals surface area contributed by atoms with E-state index in [1.807, 2.05) is 0 Å². The van der Waals surface area contributed by atoms with Crippen molar-refractivity contribution in [2.45, 2.75) is 25.7 Å². The van der Waals surface area contributed by atoms with E-state index < -0.39 is 64.0 Å². The number of rotatable bonds is 16. The summed E-state index contributed by atoms with van der Waals surface area (Å²) in [6.45, 7) is 0.0709. The zero-order chi connectivity index (χ0) is 46.2. The molecule has 0 spiro atoms. The van der Waals surface area contributed by atoms with Crippen LogP contribution < -0.4 is 37.1 Å². The molecule has 0 unspecified atom stereocenters. The molecule has 4 aromatic carbocycles. The zero-order valence-electron chi connectivity index (χ0n) is 32.3. The predicted octanol–water partition coefficient (Wildman–Crippen LogP) is 5.22. The third-order valence-corrected chi connectivity index (χ3v) is 11.1. The van der Waals surface area contributed by atoms with Gasteiger partial charge in [0.15, 0.2) is 22.4 Å². The molecule has 0 aliphatic heterocycles.